The van der Waals surface area contributed by atoms with Crippen LogP contribution in [0.25, 0.3) is 0 Å². The zero-order valence-corrected chi connectivity index (χ0v) is 8.38. The van der Waals surface area contributed by atoms with E-state index in [9.17, 15) is 4.79 Å². The summed E-state index contributed by atoms with van der Waals surface area (Å²) in [6, 6.07) is 0. The highest BCUT2D eigenvalue weighted by Gasteiger charge is 1.99. The van der Waals surface area contributed by atoms with Crippen molar-refractivity contribution in [3.8, 4) is 0 Å². The van der Waals surface area contributed by atoms with Crippen molar-refractivity contribution in [2.75, 3.05) is 46.9 Å². The maximum atomic E-state index is 10.7. The van der Waals surface area contributed by atoms with Gasteiger partial charge in [0.1, 0.15) is 0 Å². The molecule has 1 amide bonds. The predicted octanol–water partition coefficient (Wildman–Crippen LogP) is -1.36. The summed E-state index contributed by atoms with van der Waals surface area (Å²) in [5.41, 5.74) is 5.12. The van der Waals surface area contributed by atoms with Crippen LogP contribution in [0.15, 0.2) is 0 Å². The number of nitrogens with two attached hydrogens (primary N) is 1. The zero-order chi connectivity index (χ0) is 10.1. The molecule has 0 aromatic heterocycles. The Balaban J connectivity index is 3.26. The number of nitrogens with zero attached hydrogens (tertiary/aromatic N) is 1. The van der Waals surface area contributed by atoms with Crippen molar-refractivity contribution in [2.45, 2.75) is 0 Å². The van der Waals surface area contributed by atoms with Gasteiger partial charge in [0.15, 0.2) is 0 Å². The van der Waals surface area contributed by atoms with Crippen molar-refractivity contribution in [3.05, 3.63) is 0 Å². The van der Waals surface area contributed by atoms with E-state index in [-0.39, 0.29) is 12.5 Å². The van der Waals surface area contributed by atoms with E-state index in [4.69, 9.17) is 10.5 Å². The number of methoxy groups -OCH3 is 1. The monoisotopic (exact) mass is 189 g/mol. The number of hydrogen-bond donors (Lipinski definition) is 2. The Labute approximate surface area is 79.2 Å². The fourth-order valence-electron chi connectivity index (χ4n) is 0.817. The third kappa shape index (κ3) is 7.70. The van der Waals surface area contributed by atoms with Crippen molar-refractivity contribution in [2.24, 2.45) is 5.73 Å². The second-order valence-corrected chi connectivity index (χ2v) is 2.85. The quantitative estimate of drug-likeness (QED) is 0.519. The van der Waals surface area contributed by atoms with Gasteiger partial charge in [0.2, 0.25) is 5.91 Å². The van der Waals surface area contributed by atoms with E-state index < -0.39 is 0 Å². The molecule has 3 N–H and O–H groups in total. The van der Waals surface area contributed by atoms with Gasteiger partial charge in [0.05, 0.1) is 13.2 Å². The average Bonchev–Trinajstić information content (AvgIpc) is 2.14. The van der Waals surface area contributed by atoms with Crippen LogP contribution in [0.1, 0.15) is 0 Å². The second-order valence-electron chi connectivity index (χ2n) is 2.85. The summed E-state index contributed by atoms with van der Waals surface area (Å²) in [4.78, 5) is 12.8. The number of likely N-dealkylation sites (N-methyl/N-ethyl adjacent to an activating group) is 1. The first kappa shape index (κ1) is 12.3. The molecule has 5 nitrogen and oxygen atoms in total. The minimum absolute atomic E-state index is 0.0573. The highest BCUT2D eigenvalue weighted by molar-refractivity contribution is 5.77. The van der Waals surface area contributed by atoms with Gasteiger partial charge < -0.3 is 20.7 Å². The summed E-state index contributed by atoms with van der Waals surface area (Å²) < 4.78 is 4.91. The van der Waals surface area contributed by atoms with Gasteiger partial charge >= 0.3 is 0 Å². The third-order valence-corrected chi connectivity index (χ3v) is 1.68. The average molecular weight is 189 g/mol. The Bertz CT molecular complexity index is 141. The molecule has 0 bridgehead atoms. The molecule has 0 aromatic rings. The van der Waals surface area contributed by atoms with Gasteiger partial charge in [0.25, 0.3) is 0 Å². The zero-order valence-electron chi connectivity index (χ0n) is 8.38. The Morgan fingerprint density at radius 1 is 1.54 bits per heavy atom. The van der Waals surface area contributed by atoms with Crippen molar-refractivity contribution in [1.82, 2.24) is 10.2 Å². The van der Waals surface area contributed by atoms with E-state index in [1.165, 1.54) is 0 Å². The molecule has 0 radical (unpaired) electrons. The van der Waals surface area contributed by atoms with Gasteiger partial charge in [-0.25, -0.2) is 0 Å². The van der Waals surface area contributed by atoms with Crippen LogP contribution >= 0.6 is 0 Å². The molecule has 0 aliphatic rings. The number of carbonyl (C=O) groups excluding carboxylic acids is 1. The van der Waals surface area contributed by atoms with Gasteiger partial charge in [-0.15, -0.1) is 0 Å². The van der Waals surface area contributed by atoms with Crippen LogP contribution in [0.4, 0.5) is 0 Å². The molecule has 0 aromatic carbocycles. The third-order valence-electron chi connectivity index (χ3n) is 1.68. The Kier molecular flexibility index (Phi) is 7.57. The topological polar surface area (TPSA) is 67.6 Å². The number of amides is 1. The minimum atomic E-state index is -0.111. The van der Waals surface area contributed by atoms with E-state index in [0.717, 1.165) is 13.1 Å². The first-order valence-corrected chi connectivity index (χ1v) is 4.35. The van der Waals surface area contributed by atoms with Crippen molar-refractivity contribution in [3.63, 3.8) is 0 Å². The van der Waals surface area contributed by atoms with Gasteiger partial charge in [-0.05, 0) is 7.05 Å². The van der Waals surface area contributed by atoms with Crippen molar-refractivity contribution in [1.29, 1.82) is 0 Å². The van der Waals surface area contributed by atoms with Crippen LogP contribution in [-0.2, 0) is 9.53 Å². The minimum Gasteiger partial charge on any atom is -0.383 e. The smallest absolute Gasteiger partial charge is 0.233 e. The molecule has 0 saturated heterocycles. The normalized spacial score (nSPS) is 10.5. The summed E-state index contributed by atoms with van der Waals surface area (Å²) >= 11 is 0. The Hall–Kier alpha value is -0.650. The largest absolute Gasteiger partial charge is 0.383 e. The lowest BCUT2D eigenvalue weighted by Gasteiger charge is -2.15. The summed E-state index contributed by atoms with van der Waals surface area (Å²) in [6.07, 6.45) is 0. The lowest BCUT2D eigenvalue weighted by molar-refractivity contribution is -0.119. The molecule has 0 spiro atoms. The maximum absolute atomic E-state index is 10.7. The van der Waals surface area contributed by atoms with Crippen LogP contribution < -0.4 is 11.1 Å². The predicted molar refractivity (Wildman–Crippen MR) is 51.4 cm³/mol. The highest BCUT2D eigenvalue weighted by Crippen LogP contribution is 1.80. The number of rotatable bonds is 7. The molecule has 0 rings (SSSR count). The maximum Gasteiger partial charge on any atom is 0.233 e. The van der Waals surface area contributed by atoms with E-state index in [1.54, 1.807) is 7.11 Å². The number of ether oxygens (including phenoxy) is 1. The van der Waals surface area contributed by atoms with E-state index in [2.05, 4.69) is 10.2 Å². The van der Waals surface area contributed by atoms with Gasteiger partial charge in [0, 0.05) is 26.7 Å². The highest BCUT2D eigenvalue weighted by atomic mass is 16.5. The summed E-state index contributed by atoms with van der Waals surface area (Å²) in [7, 11) is 3.65. The molecule has 0 fully saturated rings. The summed E-state index contributed by atoms with van der Waals surface area (Å²) in [5, 5.41) is 2.69. The second kappa shape index (κ2) is 7.97. The molecule has 0 atom stereocenters. The molecule has 0 aliphatic carbocycles. The lowest BCUT2D eigenvalue weighted by Crippen LogP contribution is -2.37. The molecule has 0 saturated carbocycles. The molecule has 13 heavy (non-hydrogen) atoms. The van der Waals surface area contributed by atoms with E-state index >= 15 is 0 Å². The van der Waals surface area contributed by atoms with E-state index in [0.29, 0.717) is 13.2 Å². The van der Waals surface area contributed by atoms with Crippen molar-refractivity contribution >= 4 is 5.91 Å². The lowest BCUT2D eigenvalue weighted by atomic mass is 10.5. The van der Waals surface area contributed by atoms with Crippen LogP contribution in [0.3, 0.4) is 0 Å². The molecule has 5 heteroatoms. The van der Waals surface area contributed by atoms with Crippen molar-refractivity contribution < 1.29 is 9.53 Å². The molecule has 0 aliphatic heterocycles. The number of carbonyl (C=O) groups is 1. The summed E-state index contributed by atoms with van der Waals surface area (Å²) in [6.45, 7) is 3.09. The van der Waals surface area contributed by atoms with E-state index in [1.807, 2.05) is 7.05 Å². The molecular weight excluding hydrogens is 170 g/mol. The molecule has 0 heterocycles. The van der Waals surface area contributed by atoms with Gasteiger partial charge in [-0.2, -0.15) is 0 Å². The summed E-state index contributed by atoms with van der Waals surface area (Å²) in [5.74, 6) is -0.111. The standard InChI is InChI=1S/C8H19N3O2/c1-11(5-6-13-2)4-3-10-8(12)7-9/h3-7,9H2,1-2H3,(H,10,12). The van der Waals surface area contributed by atoms with Gasteiger partial charge in [-0.1, -0.05) is 0 Å². The fraction of sp³-hybridized carbons (Fsp3) is 0.875. The first-order chi connectivity index (χ1) is 6.20. The van der Waals surface area contributed by atoms with Crippen LogP contribution in [-0.4, -0.2) is 57.8 Å². The SMILES string of the molecule is COCCN(C)CCNC(=O)CN. The van der Waals surface area contributed by atoms with Gasteiger partial charge in [-0.3, -0.25) is 4.79 Å². The first-order valence-electron chi connectivity index (χ1n) is 4.35. The molecule has 0 unspecified atom stereocenters. The van der Waals surface area contributed by atoms with Crippen LogP contribution in [0.5, 0.6) is 0 Å². The fourth-order valence-corrected chi connectivity index (χ4v) is 0.817. The van der Waals surface area contributed by atoms with Crippen LogP contribution in [0.2, 0.25) is 0 Å². The molecular formula is C8H19N3O2. The molecule has 78 valence electrons. The number of nitrogens with one attached hydrogen (secondary N) is 1. The number of hydrogen-bond acceptors (Lipinski definition) is 4. The van der Waals surface area contributed by atoms with Crippen LogP contribution in [0, 0.1) is 0 Å². The Morgan fingerprint density at radius 3 is 2.77 bits per heavy atom. The Morgan fingerprint density at radius 2 is 2.23 bits per heavy atom.